The van der Waals surface area contributed by atoms with Crippen molar-refractivity contribution in [2.75, 3.05) is 26.9 Å². The molecule has 1 aliphatic carbocycles. The fraction of sp³-hybridized carbons (Fsp3) is 0.783. The summed E-state index contributed by atoms with van der Waals surface area (Å²) in [5.74, 6) is -2.66. The summed E-state index contributed by atoms with van der Waals surface area (Å²) in [6.07, 6.45) is -14.3. The highest BCUT2D eigenvalue weighted by Gasteiger charge is 2.56. The van der Waals surface area contributed by atoms with E-state index in [1.807, 2.05) is 0 Å². The Balaban J connectivity index is 1.50. The number of ether oxygens (including phenoxy) is 6. The fourth-order valence-electron chi connectivity index (χ4n) is 5.19. The van der Waals surface area contributed by atoms with Gasteiger partial charge in [-0.25, -0.2) is 4.79 Å². The Hall–Kier alpha value is -1.77. The number of aliphatic hydroxyl groups excluding tert-OH is 8. The number of allylic oxidation sites excluding steroid dienone is 1. The number of aliphatic hydroxyl groups is 9. The molecule has 0 radical (unpaired) electrons. The van der Waals surface area contributed by atoms with E-state index in [2.05, 4.69) is 0 Å². The van der Waals surface area contributed by atoms with Crippen molar-refractivity contribution >= 4 is 5.97 Å². The molecule has 4 rings (SSSR count). The molecule has 4 aliphatic rings. The van der Waals surface area contributed by atoms with E-state index in [0.717, 1.165) is 13.4 Å². The van der Waals surface area contributed by atoms with Gasteiger partial charge in [0.25, 0.3) is 0 Å². The molecule has 0 saturated carbocycles. The maximum absolute atomic E-state index is 12.2. The highest BCUT2D eigenvalue weighted by atomic mass is 16.8. The van der Waals surface area contributed by atoms with Crippen molar-refractivity contribution in [3.8, 4) is 0 Å². The second-order valence-corrected chi connectivity index (χ2v) is 9.77. The van der Waals surface area contributed by atoms with Gasteiger partial charge in [0.15, 0.2) is 12.6 Å². The Morgan fingerprint density at radius 1 is 0.872 bits per heavy atom. The number of hydrogen-bond acceptors (Lipinski definition) is 16. The van der Waals surface area contributed by atoms with E-state index in [9.17, 15) is 50.8 Å². The van der Waals surface area contributed by atoms with Crippen LogP contribution in [0.1, 0.15) is 0 Å². The summed E-state index contributed by atoms with van der Waals surface area (Å²) < 4.78 is 32.3. The van der Waals surface area contributed by atoms with E-state index in [-0.39, 0.29) is 5.57 Å². The summed E-state index contributed by atoms with van der Waals surface area (Å²) >= 11 is 0. The third-order valence-electron chi connectivity index (χ3n) is 7.44. The number of methoxy groups -OCH3 is 1. The standard InChI is InChI=1S/C23H34O16/c1-34-19(32)9-6-35-20(12-8(9)2-3-23(12,33)7-26)39-22-17(31)15(29)18(11(5-25)37-22)38-21-16(30)14(28)13(27)10(4-24)36-21/h2-3,6,8,10-18,20-22,24-31,33H,4-5,7H2,1H3. The molecule has 39 heavy (non-hydrogen) atoms. The maximum atomic E-state index is 12.2. The number of carbonyl (C=O) groups is 1. The lowest BCUT2D eigenvalue weighted by molar-refractivity contribution is -0.376. The molecule has 0 aromatic rings. The van der Waals surface area contributed by atoms with Crippen LogP contribution in [-0.2, 0) is 33.2 Å². The molecule has 3 aliphatic heterocycles. The molecule has 0 amide bonds. The molecule has 0 aromatic carbocycles. The zero-order chi connectivity index (χ0) is 28.6. The van der Waals surface area contributed by atoms with Gasteiger partial charge in [-0.05, 0) is 0 Å². The lowest BCUT2D eigenvalue weighted by Crippen LogP contribution is -2.65. The van der Waals surface area contributed by atoms with Crippen LogP contribution in [0.4, 0.5) is 0 Å². The van der Waals surface area contributed by atoms with Crippen LogP contribution in [-0.4, -0.2) is 152 Å². The predicted octanol–water partition coefficient (Wildman–Crippen LogP) is -5.43. The topological polar surface area (TPSA) is 255 Å². The summed E-state index contributed by atoms with van der Waals surface area (Å²) in [7, 11) is 1.16. The molecule has 0 bridgehead atoms. The minimum absolute atomic E-state index is 0.0364. The molecular weight excluding hydrogens is 532 g/mol. The zero-order valence-corrected chi connectivity index (χ0v) is 20.7. The summed E-state index contributed by atoms with van der Waals surface area (Å²) in [5.41, 5.74) is -1.86. The number of hydrogen-bond donors (Lipinski definition) is 9. The molecule has 9 N–H and O–H groups in total. The fourth-order valence-corrected chi connectivity index (χ4v) is 5.19. The van der Waals surface area contributed by atoms with Crippen LogP contribution in [0.15, 0.2) is 24.0 Å². The van der Waals surface area contributed by atoms with Gasteiger partial charge in [-0.3, -0.25) is 0 Å². The van der Waals surface area contributed by atoms with E-state index >= 15 is 0 Å². The summed E-state index contributed by atoms with van der Waals surface area (Å²) in [6.45, 7) is -2.30. The van der Waals surface area contributed by atoms with Crippen LogP contribution in [0.5, 0.6) is 0 Å². The van der Waals surface area contributed by atoms with Crippen LogP contribution in [0.2, 0.25) is 0 Å². The molecule has 2 fully saturated rings. The highest BCUT2D eigenvalue weighted by molar-refractivity contribution is 5.89. The van der Waals surface area contributed by atoms with E-state index in [1.54, 1.807) is 0 Å². The second kappa shape index (κ2) is 12.0. The lowest BCUT2D eigenvalue weighted by Gasteiger charge is -2.47. The number of esters is 1. The SMILES string of the molecule is COC(=O)C1=COC(OC2OC(CO)C(OC3OC(CO)C(O)C(O)C3O)C(O)C2O)C2C1C=CC2(O)CO. The van der Waals surface area contributed by atoms with Gasteiger partial charge in [0.2, 0.25) is 6.29 Å². The van der Waals surface area contributed by atoms with Crippen molar-refractivity contribution in [2.24, 2.45) is 11.8 Å². The first-order valence-corrected chi connectivity index (χ1v) is 12.2. The smallest absolute Gasteiger partial charge is 0.337 e. The Labute approximate surface area is 221 Å². The van der Waals surface area contributed by atoms with Crippen LogP contribution in [0.3, 0.4) is 0 Å². The van der Waals surface area contributed by atoms with E-state index in [0.29, 0.717) is 0 Å². The third kappa shape index (κ3) is 5.45. The minimum Gasteiger partial charge on any atom is -0.471 e. The first-order valence-electron chi connectivity index (χ1n) is 12.2. The van der Waals surface area contributed by atoms with Crippen molar-refractivity contribution in [1.29, 1.82) is 0 Å². The number of carbonyl (C=O) groups excluding carboxylic acids is 1. The Morgan fingerprint density at radius 3 is 2.10 bits per heavy atom. The molecule has 222 valence electrons. The van der Waals surface area contributed by atoms with E-state index < -0.39 is 111 Å². The van der Waals surface area contributed by atoms with Crippen molar-refractivity contribution in [2.45, 2.75) is 73.3 Å². The van der Waals surface area contributed by atoms with Crippen LogP contribution in [0.25, 0.3) is 0 Å². The summed E-state index contributed by atoms with van der Waals surface area (Å²) in [4.78, 5) is 12.2. The van der Waals surface area contributed by atoms with Gasteiger partial charge < -0.3 is 74.4 Å². The number of rotatable bonds is 8. The Kier molecular flexibility index (Phi) is 9.29. The van der Waals surface area contributed by atoms with Gasteiger partial charge in [-0.1, -0.05) is 12.2 Å². The molecule has 14 atom stereocenters. The normalized spacial score (nSPS) is 47.7. The van der Waals surface area contributed by atoms with E-state index in [1.165, 1.54) is 12.2 Å². The third-order valence-corrected chi connectivity index (χ3v) is 7.44. The molecule has 0 aromatic heterocycles. The van der Waals surface area contributed by atoms with Gasteiger partial charge >= 0.3 is 5.97 Å². The van der Waals surface area contributed by atoms with Crippen LogP contribution < -0.4 is 0 Å². The maximum Gasteiger partial charge on any atom is 0.337 e. The zero-order valence-electron chi connectivity index (χ0n) is 20.7. The van der Waals surface area contributed by atoms with Gasteiger partial charge in [0.1, 0.15) is 54.4 Å². The first-order chi connectivity index (χ1) is 18.5. The average Bonchev–Trinajstić information content (AvgIpc) is 3.30. The minimum atomic E-state index is -1.90. The summed E-state index contributed by atoms with van der Waals surface area (Å²) in [5, 5.41) is 91.8. The Bertz CT molecular complexity index is 924. The van der Waals surface area contributed by atoms with Crippen molar-refractivity contribution in [3.05, 3.63) is 24.0 Å². The quantitative estimate of drug-likeness (QED) is 0.0981. The monoisotopic (exact) mass is 566 g/mol. The molecule has 16 nitrogen and oxygen atoms in total. The van der Waals surface area contributed by atoms with Gasteiger partial charge in [-0.15, -0.1) is 0 Å². The largest absolute Gasteiger partial charge is 0.471 e. The molecule has 2 saturated heterocycles. The first kappa shape index (κ1) is 30.2. The Morgan fingerprint density at radius 2 is 1.49 bits per heavy atom. The lowest BCUT2D eigenvalue weighted by atomic mass is 9.79. The van der Waals surface area contributed by atoms with Crippen molar-refractivity contribution in [3.63, 3.8) is 0 Å². The molecule has 3 heterocycles. The van der Waals surface area contributed by atoms with Crippen molar-refractivity contribution in [1.82, 2.24) is 0 Å². The predicted molar refractivity (Wildman–Crippen MR) is 121 cm³/mol. The average molecular weight is 567 g/mol. The molecular formula is C23H34O16. The molecule has 0 spiro atoms. The van der Waals surface area contributed by atoms with Gasteiger partial charge in [-0.2, -0.15) is 0 Å². The van der Waals surface area contributed by atoms with Crippen LogP contribution in [0, 0.1) is 11.8 Å². The number of fused-ring (bicyclic) bond motifs is 1. The second-order valence-electron chi connectivity index (χ2n) is 9.77. The van der Waals surface area contributed by atoms with Gasteiger partial charge in [0, 0.05) is 5.92 Å². The van der Waals surface area contributed by atoms with E-state index in [4.69, 9.17) is 28.4 Å². The van der Waals surface area contributed by atoms with Crippen molar-refractivity contribution < 1.29 is 79.2 Å². The molecule has 14 unspecified atom stereocenters. The summed E-state index contributed by atoms with van der Waals surface area (Å²) in [6, 6.07) is 0. The molecule has 16 heteroatoms. The van der Waals surface area contributed by atoms with Gasteiger partial charge in [0.05, 0.1) is 44.7 Å². The van der Waals surface area contributed by atoms with Crippen LogP contribution >= 0.6 is 0 Å². The highest BCUT2D eigenvalue weighted by Crippen LogP contribution is 2.45.